The van der Waals surface area contributed by atoms with E-state index in [9.17, 15) is 4.79 Å². The summed E-state index contributed by atoms with van der Waals surface area (Å²) in [5, 5.41) is 12.3. The van der Waals surface area contributed by atoms with Gasteiger partial charge in [0.15, 0.2) is 0 Å². The van der Waals surface area contributed by atoms with E-state index in [2.05, 4.69) is 15.5 Å². The Morgan fingerprint density at radius 1 is 1.28 bits per heavy atom. The van der Waals surface area contributed by atoms with Crippen molar-refractivity contribution >= 4 is 22.4 Å². The van der Waals surface area contributed by atoms with Crippen LogP contribution in [0.3, 0.4) is 0 Å². The normalized spacial score (nSPS) is 10.7. The van der Waals surface area contributed by atoms with E-state index in [1.54, 1.807) is 7.11 Å². The molecule has 3 rings (SSSR count). The molecule has 2 heterocycles. The average Bonchev–Trinajstić information content (AvgIpc) is 3.18. The van der Waals surface area contributed by atoms with Gasteiger partial charge in [0.25, 0.3) is 5.91 Å². The van der Waals surface area contributed by atoms with Crippen LogP contribution >= 0.6 is 11.3 Å². The van der Waals surface area contributed by atoms with Crippen molar-refractivity contribution in [2.75, 3.05) is 12.4 Å². The molecule has 0 spiro atoms. The number of methoxy groups -OCH3 is 1. The number of amides is 1. The average molecular weight is 356 g/mol. The number of ether oxygens (including phenoxy) is 1. The number of carbonyl (C=O) groups excluding carboxylic acids is 1. The minimum absolute atomic E-state index is 0.180. The van der Waals surface area contributed by atoms with E-state index in [-0.39, 0.29) is 5.91 Å². The second-order valence-electron chi connectivity index (χ2n) is 5.63. The molecule has 1 aromatic carbocycles. The molecule has 2 aromatic heterocycles. The second-order valence-corrected chi connectivity index (χ2v) is 6.69. The quantitative estimate of drug-likeness (QED) is 0.755. The summed E-state index contributed by atoms with van der Waals surface area (Å²) in [5.74, 6) is 0.595. The lowest BCUT2D eigenvalue weighted by atomic mass is 10.2. The van der Waals surface area contributed by atoms with Crippen LogP contribution in [0.1, 0.15) is 33.7 Å². The molecule has 0 atom stereocenters. The zero-order valence-electron chi connectivity index (χ0n) is 14.7. The molecule has 25 heavy (non-hydrogen) atoms. The van der Waals surface area contributed by atoms with Crippen molar-refractivity contribution in [1.82, 2.24) is 14.8 Å². The first-order chi connectivity index (χ1) is 12.0. The third-order valence-corrected chi connectivity index (χ3v) is 4.96. The van der Waals surface area contributed by atoms with Crippen LogP contribution in [0.25, 0.3) is 5.69 Å². The van der Waals surface area contributed by atoms with Gasteiger partial charge in [-0.1, -0.05) is 24.3 Å². The van der Waals surface area contributed by atoms with Crippen LogP contribution in [0.2, 0.25) is 0 Å². The van der Waals surface area contributed by atoms with Crippen LogP contribution in [0.5, 0.6) is 5.75 Å². The van der Waals surface area contributed by atoms with Crippen LogP contribution < -0.4 is 10.1 Å². The molecular formula is C18H20N4O2S. The Balaban J connectivity index is 1.91. The fourth-order valence-electron chi connectivity index (χ4n) is 2.75. The highest BCUT2D eigenvalue weighted by atomic mass is 32.1. The van der Waals surface area contributed by atoms with E-state index in [4.69, 9.17) is 4.74 Å². The van der Waals surface area contributed by atoms with Crippen LogP contribution in [0.15, 0.2) is 30.3 Å². The smallest absolute Gasteiger partial charge is 0.259 e. The Hall–Kier alpha value is -2.67. The number of rotatable bonds is 5. The van der Waals surface area contributed by atoms with Crippen molar-refractivity contribution in [2.45, 2.75) is 27.2 Å². The van der Waals surface area contributed by atoms with Crippen molar-refractivity contribution in [2.24, 2.45) is 0 Å². The van der Waals surface area contributed by atoms with E-state index < -0.39 is 0 Å². The molecule has 0 aliphatic heterocycles. The molecule has 0 aliphatic rings. The van der Waals surface area contributed by atoms with Gasteiger partial charge in [0.1, 0.15) is 10.8 Å². The number of aromatic nitrogens is 3. The summed E-state index contributed by atoms with van der Waals surface area (Å²) in [6.45, 7) is 5.91. The monoisotopic (exact) mass is 356 g/mol. The van der Waals surface area contributed by atoms with Crippen molar-refractivity contribution in [3.63, 3.8) is 0 Å². The largest absolute Gasteiger partial charge is 0.497 e. The molecule has 130 valence electrons. The zero-order chi connectivity index (χ0) is 18.0. The Kier molecular flexibility index (Phi) is 4.85. The van der Waals surface area contributed by atoms with Crippen LogP contribution in [-0.2, 0) is 6.42 Å². The molecule has 0 saturated heterocycles. The van der Waals surface area contributed by atoms with Crippen molar-refractivity contribution in [1.29, 1.82) is 0 Å². The Morgan fingerprint density at radius 2 is 2.08 bits per heavy atom. The minimum Gasteiger partial charge on any atom is -0.497 e. The van der Waals surface area contributed by atoms with E-state index in [1.165, 1.54) is 11.3 Å². The summed E-state index contributed by atoms with van der Waals surface area (Å²) in [4.78, 5) is 12.6. The number of nitrogens with one attached hydrogen (secondary N) is 1. The van der Waals surface area contributed by atoms with Crippen molar-refractivity contribution < 1.29 is 9.53 Å². The number of hydrogen-bond acceptors (Lipinski definition) is 5. The maximum atomic E-state index is 12.6. The highest BCUT2D eigenvalue weighted by Crippen LogP contribution is 2.25. The summed E-state index contributed by atoms with van der Waals surface area (Å²) >= 11 is 1.40. The lowest BCUT2D eigenvalue weighted by Crippen LogP contribution is -2.13. The highest BCUT2D eigenvalue weighted by Gasteiger charge is 2.18. The molecule has 0 radical (unpaired) electrons. The van der Waals surface area contributed by atoms with Crippen LogP contribution in [-0.4, -0.2) is 27.8 Å². The Morgan fingerprint density at radius 3 is 2.76 bits per heavy atom. The molecule has 0 aliphatic carbocycles. The van der Waals surface area contributed by atoms with E-state index >= 15 is 0 Å². The number of aryl methyl sites for hydroxylation is 2. The van der Waals surface area contributed by atoms with Gasteiger partial charge in [-0.3, -0.25) is 10.1 Å². The summed E-state index contributed by atoms with van der Waals surface area (Å²) in [7, 11) is 1.64. The molecular weight excluding hydrogens is 336 g/mol. The van der Waals surface area contributed by atoms with E-state index in [0.29, 0.717) is 10.7 Å². The first kappa shape index (κ1) is 17.2. The summed E-state index contributed by atoms with van der Waals surface area (Å²) in [6, 6.07) is 9.64. The van der Waals surface area contributed by atoms with E-state index in [1.807, 2.05) is 55.7 Å². The van der Waals surface area contributed by atoms with Gasteiger partial charge >= 0.3 is 0 Å². The predicted octanol–water partition coefficient (Wildman–Crippen LogP) is 3.77. The van der Waals surface area contributed by atoms with Gasteiger partial charge < -0.3 is 9.30 Å². The predicted molar refractivity (Wildman–Crippen MR) is 99.0 cm³/mol. The van der Waals surface area contributed by atoms with E-state index in [0.717, 1.165) is 34.3 Å². The van der Waals surface area contributed by atoms with Gasteiger partial charge in [-0.2, -0.15) is 0 Å². The number of carbonyl (C=O) groups is 1. The molecule has 0 fully saturated rings. The summed E-state index contributed by atoms with van der Waals surface area (Å²) in [5.41, 5.74) is 3.41. The first-order valence-corrected chi connectivity index (χ1v) is 8.82. The number of hydrogen-bond donors (Lipinski definition) is 1. The number of anilines is 1. The summed E-state index contributed by atoms with van der Waals surface area (Å²) in [6.07, 6.45) is 0.803. The van der Waals surface area contributed by atoms with Gasteiger partial charge in [0.2, 0.25) is 5.13 Å². The van der Waals surface area contributed by atoms with Crippen molar-refractivity contribution in [3.8, 4) is 11.4 Å². The second kappa shape index (κ2) is 7.06. The fourth-order valence-corrected chi connectivity index (χ4v) is 3.43. The van der Waals surface area contributed by atoms with Gasteiger partial charge in [-0.15, -0.1) is 10.2 Å². The minimum atomic E-state index is -0.180. The van der Waals surface area contributed by atoms with Gasteiger partial charge in [0.05, 0.1) is 12.7 Å². The molecule has 0 unspecified atom stereocenters. The van der Waals surface area contributed by atoms with Gasteiger partial charge in [0, 0.05) is 23.1 Å². The lowest BCUT2D eigenvalue weighted by molar-refractivity contribution is 0.102. The maximum Gasteiger partial charge on any atom is 0.259 e. The maximum absolute atomic E-state index is 12.6. The third-order valence-electron chi connectivity index (χ3n) is 3.98. The number of nitrogens with zero attached hydrogens (tertiary/aromatic N) is 3. The molecule has 3 aromatic rings. The molecule has 1 N–H and O–H groups in total. The fraction of sp³-hybridized carbons (Fsp3) is 0.278. The van der Waals surface area contributed by atoms with Gasteiger partial charge in [-0.25, -0.2) is 0 Å². The third kappa shape index (κ3) is 3.41. The van der Waals surface area contributed by atoms with Crippen LogP contribution in [0, 0.1) is 13.8 Å². The summed E-state index contributed by atoms with van der Waals surface area (Å²) < 4.78 is 7.33. The Labute approximate surface area is 150 Å². The topological polar surface area (TPSA) is 69.0 Å². The Bertz CT molecular complexity index is 914. The first-order valence-electron chi connectivity index (χ1n) is 8.00. The lowest BCUT2D eigenvalue weighted by Gasteiger charge is -2.11. The number of benzene rings is 1. The zero-order valence-corrected chi connectivity index (χ0v) is 15.5. The van der Waals surface area contributed by atoms with Gasteiger partial charge in [-0.05, 0) is 38.5 Å². The van der Waals surface area contributed by atoms with Crippen molar-refractivity contribution in [3.05, 3.63) is 52.3 Å². The highest BCUT2D eigenvalue weighted by molar-refractivity contribution is 7.15. The molecule has 1 amide bonds. The molecule has 7 heteroatoms. The molecule has 6 nitrogen and oxygen atoms in total. The standard InChI is InChI=1S/C18H20N4O2S/c1-5-16-20-21-18(25-16)19-17(23)15-9-11(2)22(12(15)3)13-7-6-8-14(10-13)24-4/h6-10H,5H2,1-4H3,(H,19,21,23). The SMILES string of the molecule is CCc1nnc(NC(=O)c2cc(C)n(-c3cccc(OC)c3)c2C)s1. The van der Waals surface area contributed by atoms with Crippen LogP contribution in [0.4, 0.5) is 5.13 Å². The molecule has 0 saturated carbocycles. The molecule has 0 bridgehead atoms.